The van der Waals surface area contributed by atoms with Gasteiger partial charge in [-0.3, -0.25) is 10.1 Å². The van der Waals surface area contributed by atoms with E-state index in [2.05, 4.69) is 64.0 Å². The van der Waals surface area contributed by atoms with E-state index in [-0.39, 0.29) is 29.9 Å². The Morgan fingerprint density at radius 2 is 1.56 bits per heavy atom. The van der Waals surface area contributed by atoms with Gasteiger partial charge in [-0.15, -0.1) is 11.3 Å². The molecule has 48 heavy (non-hydrogen) atoms. The van der Waals surface area contributed by atoms with Crippen molar-refractivity contribution >= 4 is 23.3 Å². The minimum absolute atomic E-state index is 0.105. The molecule has 258 valence electrons. The monoisotopic (exact) mass is 674 g/mol. The second-order valence-electron chi connectivity index (χ2n) is 12.9. The number of nitrogens with zero attached hydrogens (tertiary/aromatic N) is 3. The zero-order valence-electron chi connectivity index (χ0n) is 28.7. The summed E-state index contributed by atoms with van der Waals surface area (Å²) in [4.78, 5) is 37.3. The summed E-state index contributed by atoms with van der Waals surface area (Å²) in [6.07, 6.45) is 6.05. The van der Waals surface area contributed by atoms with Crippen LogP contribution in [0.4, 0.5) is 4.79 Å². The van der Waals surface area contributed by atoms with E-state index < -0.39 is 6.04 Å². The third-order valence-electron chi connectivity index (χ3n) is 8.10. The summed E-state index contributed by atoms with van der Waals surface area (Å²) in [5.74, 6) is 0.707. The summed E-state index contributed by atoms with van der Waals surface area (Å²) < 4.78 is 11.1. The van der Waals surface area contributed by atoms with Crippen molar-refractivity contribution in [1.82, 2.24) is 30.8 Å². The van der Waals surface area contributed by atoms with E-state index in [0.717, 1.165) is 35.5 Å². The molecule has 4 aromatic rings. The number of thiazole rings is 1. The third kappa shape index (κ3) is 12.2. The lowest BCUT2D eigenvalue weighted by Gasteiger charge is -2.28. The SMILES string of the molecule is CC(C)c1nc(CN(C)C(=O)NC(C(=O)NC(CCC(Cc2ccccc2)NCOCc2cnco2)Cc2ccccc2)C(C)C)cs1. The van der Waals surface area contributed by atoms with Gasteiger partial charge in [-0.2, -0.15) is 0 Å². The molecule has 4 rings (SSSR count). The molecular weight excluding hydrogens is 625 g/mol. The topological polar surface area (TPSA) is 122 Å². The highest BCUT2D eigenvalue weighted by Crippen LogP contribution is 2.20. The zero-order chi connectivity index (χ0) is 34.3. The molecule has 0 bridgehead atoms. The van der Waals surface area contributed by atoms with E-state index in [1.807, 2.05) is 55.6 Å². The van der Waals surface area contributed by atoms with Crippen LogP contribution in [0.3, 0.4) is 0 Å². The Bertz CT molecular complexity index is 1500. The summed E-state index contributed by atoms with van der Waals surface area (Å²) in [6, 6.07) is 19.5. The molecule has 0 fully saturated rings. The first-order valence-electron chi connectivity index (χ1n) is 16.7. The Hall–Kier alpha value is -4.06. The average Bonchev–Trinajstić information content (AvgIpc) is 3.77. The fraction of sp³-hybridized carbons (Fsp3) is 0.459. The summed E-state index contributed by atoms with van der Waals surface area (Å²) >= 11 is 1.60. The summed E-state index contributed by atoms with van der Waals surface area (Å²) in [7, 11) is 1.73. The Morgan fingerprint density at radius 3 is 2.15 bits per heavy atom. The first-order chi connectivity index (χ1) is 23.2. The molecule has 2 heterocycles. The number of rotatable bonds is 19. The number of amides is 3. The van der Waals surface area contributed by atoms with Gasteiger partial charge in [0.1, 0.15) is 18.4 Å². The van der Waals surface area contributed by atoms with Crippen LogP contribution in [0.2, 0.25) is 0 Å². The predicted molar refractivity (Wildman–Crippen MR) is 189 cm³/mol. The van der Waals surface area contributed by atoms with Crippen LogP contribution < -0.4 is 16.0 Å². The minimum atomic E-state index is -0.692. The summed E-state index contributed by atoms with van der Waals surface area (Å²) in [5.41, 5.74) is 3.20. The van der Waals surface area contributed by atoms with Gasteiger partial charge in [0, 0.05) is 30.4 Å². The van der Waals surface area contributed by atoms with Crippen molar-refractivity contribution in [2.75, 3.05) is 13.8 Å². The molecule has 0 spiro atoms. The number of nitrogens with one attached hydrogen (secondary N) is 3. The molecular formula is C37H50N6O4S. The van der Waals surface area contributed by atoms with Gasteiger partial charge in [-0.1, -0.05) is 88.4 Å². The van der Waals surface area contributed by atoms with Crippen LogP contribution in [-0.4, -0.2) is 58.7 Å². The first kappa shape index (κ1) is 36.8. The van der Waals surface area contributed by atoms with Gasteiger partial charge in [0.05, 0.1) is 30.2 Å². The van der Waals surface area contributed by atoms with E-state index in [1.54, 1.807) is 29.5 Å². The van der Waals surface area contributed by atoms with Gasteiger partial charge in [-0.05, 0) is 42.7 Å². The molecule has 10 nitrogen and oxygen atoms in total. The van der Waals surface area contributed by atoms with Crippen molar-refractivity contribution in [3.05, 3.63) is 106 Å². The van der Waals surface area contributed by atoms with E-state index in [0.29, 0.717) is 38.0 Å². The Kier molecular flexibility index (Phi) is 14.6. The lowest BCUT2D eigenvalue weighted by Crippen LogP contribution is -2.54. The molecule has 2 aromatic carbocycles. The molecule has 0 radical (unpaired) electrons. The van der Waals surface area contributed by atoms with E-state index in [4.69, 9.17) is 9.15 Å². The Morgan fingerprint density at radius 1 is 0.917 bits per heavy atom. The molecule has 0 aliphatic heterocycles. The van der Waals surface area contributed by atoms with Crippen molar-refractivity contribution in [2.45, 2.75) is 90.6 Å². The number of carbonyl (C=O) groups is 2. The Labute approximate surface area is 288 Å². The second kappa shape index (κ2) is 19.1. The van der Waals surface area contributed by atoms with Crippen LogP contribution >= 0.6 is 11.3 Å². The van der Waals surface area contributed by atoms with Crippen molar-refractivity contribution in [2.24, 2.45) is 5.92 Å². The lowest BCUT2D eigenvalue weighted by atomic mass is 9.95. The zero-order valence-corrected chi connectivity index (χ0v) is 29.5. The number of hydrogen-bond donors (Lipinski definition) is 3. The number of hydrogen-bond acceptors (Lipinski definition) is 8. The van der Waals surface area contributed by atoms with Gasteiger partial charge in [0.15, 0.2) is 6.39 Å². The molecule has 3 unspecified atom stereocenters. The maximum Gasteiger partial charge on any atom is 0.318 e. The number of urea groups is 1. The number of ether oxygens (including phenoxy) is 1. The van der Waals surface area contributed by atoms with Crippen molar-refractivity contribution in [1.29, 1.82) is 0 Å². The maximum absolute atomic E-state index is 13.8. The summed E-state index contributed by atoms with van der Waals surface area (Å²) in [5, 5.41) is 12.9. The quantitative estimate of drug-likeness (QED) is 0.0788. The van der Waals surface area contributed by atoms with Gasteiger partial charge in [0.25, 0.3) is 0 Å². The highest BCUT2D eigenvalue weighted by molar-refractivity contribution is 7.09. The number of carbonyl (C=O) groups excluding carboxylic acids is 2. The molecule has 0 saturated carbocycles. The molecule has 3 N–H and O–H groups in total. The highest BCUT2D eigenvalue weighted by atomic mass is 32.1. The fourth-order valence-corrected chi connectivity index (χ4v) is 6.21. The molecule has 0 aliphatic rings. The maximum atomic E-state index is 13.8. The molecule has 0 aliphatic carbocycles. The van der Waals surface area contributed by atoms with E-state index >= 15 is 0 Å². The molecule has 11 heteroatoms. The first-order valence-corrected chi connectivity index (χ1v) is 17.6. The van der Waals surface area contributed by atoms with Crippen LogP contribution in [-0.2, 0) is 35.5 Å². The van der Waals surface area contributed by atoms with Crippen molar-refractivity contribution in [3.8, 4) is 0 Å². The van der Waals surface area contributed by atoms with Crippen LogP contribution in [0.15, 0.2) is 83.1 Å². The summed E-state index contributed by atoms with van der Waals surface area (Å²) in [6.45, 7) is 9.16. The van der Waals surface area contributed by atoms with Crippen LogP contribution in [0.1, 0.15) is 74.0 Å². The lowest BCUT2D eigenvalue weighted by molar-refractivity contribution is -0.124. The highest BCUT2D eigenvalue weighted by Gasteiger charge is 2.28. The van der Waals surface area contributed by atoms with Crippen molar-refractivity contribution < 1.29 is 18.7 Å². The van der Waals surface area contributed by atoms with Gasteiger partial charge < -0.3 is 24.7 Å². The van der Waals surface area contributed by atoms with Gasteiger partial charge in [-0.25, -0.2) is 14.8 Å². The third-order valence-corrected chi connectivity index (χ3v) is 9.29. The number of aromatic nitrogens is 2. The predicted octanol–water partition coefficient (Wildman–Crippen LogP) is 6.30. The van der Waals surface area contributed by atoms with Crippen molar-refractivity contribution in [3.63, 3.8) is 0 Å². The second-order valence-corrected chi connectivity index (χ2v) is 13.8. The van der Waals surface area contributed by atoms with Crippen LogP contribution in [0.25, 0.3) is 0 Å². The van der Waals surface area contributed by atoms with Crippen LogP contribution in [0.5, 0.6) is 0 Å². The molecule has 3 atom stereocenters. The standard InChI is InChI=1S/C37H50N6O4S/c1-26(2)34(42-37(45)43(5)21-32-23-48-36(41-32)27(3)4)35(44)40-31(19-29-14-10-7-11-15-29)17-16-30(18-28-12-8-6-9-13-28)39-25-46-22-33-20-38-24-47-33/h6-15,20,23-24,26-27,30-31,34,39H,16-19,21-22,25H2,1-5H3,(H,40,44)(H,42,45). The Balaban J connectivity index is 1.40. The minimum Gasteiger partial charge on any atom is -0.446 e. The molecule has 0 saturated heterocycles. The van der Waals surface area contributed by atoms with Crippen LogP contribution in [0, 0.1) is 5.92 Å². The fourth-order valence-electron chi connectivity index (χ4n) is 5.39. The molecule has 2 aromatic heterocycles. The smallest absolute Gasteiger partial charge is 0.318 e. The van der Waals surface area contributed by atoms with Gasteiger partial charge in [0.2, 0.25) is 5.91 Å². The normalized spacial score (nSPS) is 13.3. The number of benzene rings is 2. The van der Waals surface area contributed by atoms with E-state index in [1.165, 1.54) is 12.0 Å². The van der Waals surface area contributed by atoms with Gasteiger partial charge >= 0.3 is 6.03 Å². The number of oxazole rings is 1. The average molecular weight is 675 g/mol. The largest absolute Gasteiger partial charge is 0.446 e. The molecule has 3 amide bonds. The van der Waals surface area contributed by atoms with E-state index in [9.17, 15) is 9.59 Å².